The second-order valence-electron chi connectivity index (χ2n) is 7.13. The van der Waals surface area contributed by atoms with Crippen LogP contribution >= 0.6 is 0 Å². The lowest BCUT2D eigenvalue weighted by atomic mass is 9.62. The van der Waals surface area contributed by atoms with Gasteiger partial charge in [0.15, 0.2) is 0 Å². The minimum atomic E-state index is -0.139. The summed E-state index contributed by atoms with van der Waals surface area (Å²) in [6, 6.07) is 6.18. The molecule has 2 bridgehead atoms. The van der Waals surface area contributed by atoms with Gasteiger partial charge in [-0.2, -0.15) is 0 Å². The molecule has 2 fully saturated rings. The van der Waals surface area contributed by atoms with Crippen LogP contribution in [0, 0.1) is 5.92 Å². The Kier molecular flexibility index (Phi) is 2.48. The van der Waals surface area contributed by atoms with Crippen molar-refractivity contribution < 1.29 is 9.90 Å². The van der Waals surface area contributed by atoms with Crippen LogP contribution in [-0.4, -0.2) is 35.4 Å². The minimum Gasteiger partial charge on any atom is -0.506 e. The fourth-order valence-corrected chi connectivity index (χ4v) is 5.50. The molecule has 1 spiro atoms. The molecule has 1 aromatic carbocycles. The van der Waals surface area contributed by atoms with Crippen molar-refractivity contribution in [3.63, 3.8) is 0 Å². The van der Waals surface area contributed by atoms with Crippen molar-refractivity contribution in [1.82, 2.24) is 4.90 Å². The van der Waals surface area contributed by atoms with E-state index < -0.39 is 0 Å². The molecule has 0 amide bonds. The second-order valence-corrected chi connectivity index (χ2v) is 7.13. The molecule has 1 aliphatic carbocycles. The number of carbonyl (C=O) groups is 1. The van der Waals surface area contributed by atoms with E-state index in [1.54, 1.807) is 6.07 Å². The van der Waals surface area contributed by atoms with Crippen molar-refractivity contribution >= 4 is 12.0 Å². The molecular formula is C19H20N2O2. The number of fused-ring (bicyclic) bond motifs is 2. The molecule has 4 aliphatic rings. The normalized spacial score (nSPS) is 36.0. The van der Waals surface area contributed by atoms with Gasteiger partial charge in [-0.05, 0) is 31.4 Å². The number of aromatic hydroxyl groups is 1. The molecule has 3 atom stereocenters. The summed E-state index contributed by atoms with van der Waals surface area (Å²) in [6.07, 6.45) is 5.24. The van der Waals surface area contributed by atoms with Gasteiger partial charge in [0.05, 0.1) is 11.1 Å². The van der Waals surface area contributed by atoms with Crippen LogP contribution in [0.1, 0.15) is 25.3 Å². The first-order valence-corrected chi connectivity index (χ1v) is 8.39. The van der Waals surface area contributed by atoms with Gasteiger partial charge in [-0.3, -0.25) is 9.69 Å². The third-order valence-electron chi connectivity index (χ3n) is 6.48. The number of phenolic OH excluding ortho intramolecular Hbond substituents is 1. The van der Waals surface area contributed by atoms with Gasteiger partial charge in [-0.25, -0.2) is 0 Å². The van der Waals surface area contributed by atoms with E-state index >= 15 is 0 Å². The average Bonchev–Trinajstić information content (AvgIpc) is 3.12. The van der Waals surface area contributed by atoms with Gasteiger partial charge in [0.25, 0.3) is 0 Å². The van der Waals surface area contributed by atoms with Crippen molar-refractivity contribution in [3.8, 4) is 5.75 Å². The van der Waals surface area contributed by atoms with Crippen LogP contribution in [-0.2, 0) is 10.2 Å². The third kappa shape index (κ3) is 1.39. The van der Waals surface area contributed by atoms with Gasteiger partial charge in [0.1, 0.15) is 12.0 Å². The van der Waals surface area contributed by atoms with Crippen LogP contribution in [0.15, 0.2) is 41.1 Å². The summed E-state index contributed by atoms with van der Waals surface area (Å²) in [5.41, 5.74) is 5.13. The Morgan fingerprint density at radius 2 is 2.30 bits per heavy atom. The standard InChI is InChI=1S/C19H20N2O2/c1-2-11-9-21-7-6-19-14-4-3-5-15(23)17(14)20-18(19)13(10-22)12(11)8-16(19)21/h2-5,10,12,16,20,23H,6-9H2,1H3/t12-,16-,19+/m0/s1. The topological polar surface area (TPSA) is 52.6 Å². The lowest BCUT2D eigenvalue weighted by Crippen LogP contribution is -2.52. The van der Waals surface area contributed by atoms with Gasteiger partial charge >= 0.3 is 0 Å². The van der Waals surface area contributed by atoms with Gasteiger partial charge in [0, 0.05) is 36.3 Å². The van der Waals surface area contributed by atoms with Crippen molar-refractivity contribution in [3.05, 3.63) is 46.7 Å². The summed E-state index contributed by atoms with van der Waals surface area (Å²) in [4.78, 5) is 14.5. The van der Waals surface area contributed by atoms with E-state index in [4.69, 9.17) is 0 Å². The number of piperidine rings is 1. The van der Waals surface area contributed by atoms with E-state index in [-0.39, 0.29) is 17.1 Å². The first-order chi connectivity index (χ1) is 11.2. The molecule has 3 aliphatic heterocycles. The number of nitrogens with zero attached hydrogens (tertiary/aromatic N) is 1. The minimum absolute atomic E-state index is 0.139. The van der Waals surface area contributed by atoms with E-state index in [9.17, 15) is 9.90 Å². The number of rotatable bonds is 1. The molecule has 0 aromatic heterocycles. The summed E-state index contributed by atoms with van der Waals surface area (Å²) in [5, 5.41) is 13.7. The zero-order chi connectivity index (χ0) is 15.8. The van der Waals surface area contributed by atoms with Gasteiger partial charge in [-0.1, -0.05) is 23.8 Å². The number of carbonyl (C=O) groups excluding carboxylic acids is 1. The predicted octanol–water partition coefficient (Wildman–Crippen LogP) is 2.56. The Morgan fingerprint density at radius 1 is 1.43 bits per heavy atom. The number of anilines is 1. The maximum absolute atomic E-state index is 12.0. The number of allylic oxidation sites excluding steroid dienone is 2. The molecule has 1 aromatic rings. The highest BCUT2D eigenvalue weighted by Crippen LogP contribution is 2.61. The van der Waals surface area contributed by atoms with Gasteiger partial charge in [-0.15, -0.1) is 0 Å². The summed E-state index contributed by atoms with van der Waals surface area (Å²) in [7, 11) is 0. The Labute approximate surface area is 135 Å². The number of nitrogens with one attached hydrogen (secondary N) is 1. The summed E-state index contributed by atoms with van der Waals surface area (Å²) >= 11 is 0. The molecule has 4 nitrogen and oxygen atoms in total. The number of hydrogen-bond donors (Lipinski definition) is 2. The molecule has 2 saturated heterocycles. The lowest BCUT2D eigenvalue weighted by molar-refractivity contribution is -0.105. The van der Waals surface area contributed by atoms with E-state index in [1.165, 1.54) is 11.1 Å². The van der Waals surface area contributed by atoms with E-state index in [1.807, 2.05) is 6.07 Å². The largest absolute Gasteiger partial charge is 0.506 e. The zero-order valence-corrected chi connectivity index (χ0v) is 13.2. The molecule has 23 heavy (non-hydrogen) atoms. The highest BCUT2D eigenvalue weighted by atomic mass is 16.3. The molecule has 2 N–H and O–H groups in total. The monoisotopic (exact) mass is 308 g/mol. The molecule has 4 heteroatoms. The van der Waals surface area contributed by atoms with Crippen molar-refractivity contribution in [2.45, 2.75) is 31.2 Å². The number of para-hydroxylation sites is 1. The third-order valence-corrected chi connectivity index (χ3v) is 6.48. The van der Waals surface area contributed by atoms with E-state index in [0.29, 0.717) is 6.04 Å². The number of benzene rings is 1. The Bertz CT molecular complexity index is 795. The first kappa shape index (κ1) is 13.4. The predicted molar refractivity (Wildman–Crippen MR) is 88.3 cm³/mol. The van der Waals surface area contributed by atoms with E-state index in [0.717, 1.165) is 49.2 Å². The van der Waals surface area contributed by atoms with Crippen molar-refractivity contribution in [1.29, 1.82) is 0 Å². The van der Waals surface area contributed by atoms with Gasteiger partial charge in [0.2, 0.25) is 0 Å². The molecule has 5 rings (SSSR count). The van der Waals surface area contributed by atoms with Crippen LogP contribution in [0.25, 0.3) is 0 Å². The maximum Gasteiger partial charge on any atom is 0.148 e. The quantitative estimate of drug-likeness (QED) is 0.476. The zero-order valence-electron chi connectivity index (χ0n) is 13.2. The Balaban J connectivity index is 1.84. The number of hydrogen-bond acceptors (Lipinski definition) is 4. The average molecular weight is 308 g/mol. The SMILES string of the molecule is CC=C1CN2CC[C@]34C(=C(C=O)[C@H]1C[C@H]23)Nc1c(O)cccc14. The fourth-order valence-electron chi connectivity index (χ4n) is 5.50. The summed E-state index contributed by atoms with van der Waals surface area (Å²) in [5.74, 6) is 0.507. The smallest absolute Gasteiger partial charge is 0.148 e. The number of phenols is 1. The van der Waals surface area contributed by atoms with Gasteiger partial charge < -0.3 is 10.4 Å². The molecule has 118 valence electrons. The number of aldehydes is 1. The highest BCUT2D eigenvalue weighted by Gasteiger charge is 2.61. The molecule has 3 heterocycles. The van der Waals surface area contributed by atoms with Crippen LogP contribution < -0.4 is 5.32 Å². The summed E-state index contributed by atoms with van der Waals surface area (Å²) < 4.78 is 0. The van der Waals surface area contributed by atoms with Crippen LogP contribution in [0.3, 0.4) is 0 Å². The maximum atomic E-state index is 12.0. The van der Waals surface area contributed by atoms with E-state index in [2.05, 4.69) is 29.3 Å². The molecule has 0 saturated carbocycles. The molecule has 0 unspecified atom stereocenters. The van der Waals surface area contributed by atoms with Crippen molar-refractivity contribution in [2.75, 3.05) is 18.4 Å². The molecule has 0 radical (unpaired) electrons. The Morgan fingerprint density at radius 3 is 3.09 bits per heavy atom. The highest BCUT2D eigenvalue weighted by molar-refractivity contribution is 5.86. The van der Waals surface area contributed by atoms with Crippen molar-refractivity contribution in [2.24, 2.45) is 5.92 Å². The fraction of sp³-hybridized carbons (Fsp3) is 0.421. The lowest BCUT2D eigenvalue weighted by Gasteiger charge is -2.48. The first-order valence-electron chi connectivity index (χ1n) is 8.39. The molecular weight excluding hydrogens is 288 g/mol. The Hall–Kier alpha value is -2.07. The van der Waals surface area contributed by atoms with Crippen LogP contribution in [0.2, 0.25) is 0 Å². The van der Waals surface area contributed by atoms with Crippen LogP contribution in [0.5, 0.6) is 5.75 Å². The second kappa shape index (κ2) is 4.26. The summed E-state index contributed by atoms with van der Waals surface area (Å²) in [6.45, 7) is 4.08. The van der Waals surface area contributed by atoms with Crippen LogP contribution in [0.4, 0.5) is 5.69 Å².